The molecule has 134 valence electrons. The van der Waals surface area contributed by atoms with Crippen LogP contribution in [-0.4, -0.2) is 31.9 Å². The molecule has 1 aliphatic rings. The zero-order valence-corrected chi connectivity index (χ0v) is 15.1. The first-order valence-electron chi connectivity index (χ1n) is 8.50. The van der Waals surface area contributed by atoms with E-state index in [-0.39, 0.29) is 11.9 Å². The highest BCUT2D eigenvalue weighted by molar-refractivity contribution is 7.89. The maximum absolute atomic E-state index is 12.9. The number of halogens is 1. The van der Waals surface area contributed by atoms with Crippen molar-refractivity contribution in [3.63, 3.8) is 0 Å². The third-order valence-electron chi connectivity index (χ3n) is 4.62. The molecule has 6 heteroatoms. The van der Waals surface area contributed by atoms with Gasteiger partial charge in [-0.1, -0.05) is 29.8 Å². The molecule has 1 saturated heterocycles. The summed E-state index contributed by atoms with van der Waals surface area (Å²) in [4.78, 5) is 0.357. The van der Waals surface area contributed by atoms with Crippen molar-refractivity contribution in [3.8, 4) is 0 Å². The number of nitrogens with zero attached hydrogens (tertiary/aromatic N) is 1. The van der Waals surface area contributed by atoms with Crippen molar-refractivity contribution >= 4 is 10.0 Å². The molecule has 0 amide bonds. The smallest absolute Gasteiger partial charge is 0.243 e. The van der Waals surface area contributed by atoms with Gasteiger partial charge in [0.2, 0.25) is 10.0 Å². The fourth-order valence-corrected chi connectivity index (χ4v) is 4.49. The summed E-state index contributed by atoms with van der Waals surface area (Å²) in [7, 11) is -3.41. The van der Waals surface area contributed by atoms with Gasteiger partial charge in [-0.2, -0.15) is 4.31 Å². The van der Waals surface area contributed by atoms with E-state index < -0.39 is 10.0 Å². The molecule has 0 unspecified atom stereocenters. The van der Waals surface area contributed by atoms with Gasteiger partial charge in [-0.3, -0.25) is 0 Å². The molecule has 2 aromatic rings. The number of hydrogen-bond acceptors (Lipinski definition) is 3. The van der Waals surface area contributed by atoms with Gasteiger partial charge >= 0.3 is 0 Å². The third kappa shape index (κ3) is 4.45. The molecule has 1 fully saturated rings. The summed E-state index contributed by atoms with van der Waals surface area (Å²) in [6.45, 7) is 3.62. The number of rotatable bonds is 5. The fraction of sp³-hybridized carbons (Fsp3) is 0.368. The van der Waals surface area contributed by atoms with E-state index in [1.807, 2.05) is 19.1 Å². The summed E-state index contributed by atoms with van der Waals surface area (Å²) >= 11 is 0. The summed E-state index contributed by atoms with van der Waals surface area (Å²) < 4.78 is 39.9. The van der Waals surface area contributed by atoms with E-state index >= 15 is 0 Å². The molecule has 1 aliphatic heterocycles. The number of aryl methyl sites for hydroxylation is 1. The quantitative estimate of drug-likeness (QED) is 0.889. The van der Waals surface area contributed by atoms with Crippen LogP contribution < -0.4 is 5.32 Å². The molecule has 0 bridgehead atoms. The number of benzene rings is 2. The van der Waals surface area contributed by atoms with Crippen LogP contribution in [0.5, 0.6) is 0 Å². The Morgan fingerprint density at radius 3 is 2.24 bits per heavy atom. The zero-order valence-electron chi connectivity index (χ0n) is 14.3. The average molecular weight is 362 g/mol. The molecule has 0 saturated carbocycles. The zero-order chi connectivity index (χ0) is 17.9. The third-order valence-corrected chi connectivity index (χ3v) is 6.53. The van der Waals surface area contributed by atoms with Crippen LogP contribution in [0.3, 0.4) is 0 Å². The predicted octanol–water partition coefficient (Wildman–Crippen LogP) is 3.08. The van der Waals surface area contributed by atoms with Gasteiger partial charge in [0.15, 0.2) is 0 Å². The normalized spacial score (nSPS) is 16.9. The highest BCUT2D eigenvalue weighted by atomic mass is 32.2. The Morgan fingerprint density at radius 1 is 1.04 bits per heavy atom. The molecule has 0 spiro atoms. The Hall–Kier alpha value is -1.76. The molecule has 0 aliphatic carbocycles. The van der Waals surface area contributed by atoms with E-state index in [0.717, 1.165) is 24.0 Å². The lowest BCUT2D eigenvalue weighted by Crippen LogP contribution is -2.44. The van der Waals surface area contributed by atoms with Gasteiger partial charge in [-0.25, -0.2) is 12.8 Å². The molecular formula is C19H23FN2O2S. The minimum absolute atomic E-state index is 0.238. The van der Waals surface area contributed by atoms with Gasteiger partial charge in [0.1, 0.15) is 5.82 Å². The van der Waals surface area contributed by atoms with Crippen LogP contribution in [0.15, 0.2) is 53.4 Å². The first kappa shape index (κ1) is 18.0. The Kier molecular flexibility index (Phi) is 5.51. The minimum atomic E-state index is -3.41. The van der Waals surface area contributed by atoms with Gasteiger partial charge in [-0.15, -0.1) is 0 Å². The van der Waals surface area contributed by atoms with Crippen LogP contribution in [0.25, 0.3) is 0 Å². The second-order valence-corrected chi connectivity index (χ2v) is 8.44. The van der Waals surface area contributed by atoms with E-state index in [2.05, 4.69) is 5.32 Å². The second-order valence-electron chi connectivity index (χ2n) is 6.50. The van der Waals surface area contributed by atoms with Crippen LogP contribution in [0.4, 0.5) is 4.39 Å². The van der Waals surface area contributed by atoms with Crippen LogP contribution >= 0.6 is 0 Å². The molecule has 0 atom stereocenters. The lowest BCUT2D eigenvalue weighted by molar-refractivity contribution is 0.288. The van der Waals surface area contributed by atoms with Gasteiger partial charge in [0, 0.05) is 25.7 Å². The standard InChI is InChI=1S/C19H23FN2O2S/c1-15-2-8-19(9-3-15)25(23,24)22-12-10-18(11-13-22)21-14-16-4-6-17(20)7-5-16/h2-9,18,21H,10-14H2,1H3. The van der Waals surface area contributed by atoms with Gasteiger partial charge in [-0.05, 0) is 49.6 Å². The van der Waals surface area contributed by atoms with E-state index in [9.17, 15) is 12.8 Å². The van der Waals surface area contributed by atoms with E-state index in [1.165, 1.54) is 12.1 Å². The monoisotopic (exact) mass is 362 g/mol. The van der Waals surface area contributed by atoms with Crippen LogP contribution in [0.2, 0.25) is 0 Å². The summed E-state index contributed by atoms with van der Waals surface area (Å²) in [5.74, 6) is -0.238. The van der Waals surface area contributed by atoms with E-state index in [1.54, 1.807) is 28.6 Å². The maximum atomic E-state index is 12.9. The van der Waals surface area contributed by atoms with Crippen molar-refractivity contribution in [1.29, 1.82) is 0 Å². The number of nitrogens with one attached hydrogen (secondary N) is 1. The minimum Gasteiger partial charge on any atom is -0.310 e. The topological polar surface area (TPSA) is 49.4 Å². The molecule has 1 heterocycles. The lowest BCUT2D eigenvalue weighted by Gasteiger charge is -2.31. The number of hydrogen-bond donors (Lipinski definition) is 1. The van der Waals surface area contributed by atoms with Crippen LogP contribution in [0, 0.1) is 12.7 Å². The Labute approximate surface area is 148 Å². The molecule has 2 aromatic carbocycles. The van der Waals surface area contributed by atoms with Crippen molar-refractivity contribution < 1.29 is 12.8 Å². The van der Waals surface area contributed by atoms with Crippen molar-refractivity contribution in [2.45, 2.75) is 37.2 Å². The van der Waals surface area contributed by atoms with Crippen molar-refractivity contribution in [2.75, 3.05) is 13.1 Å². The molecule has 0 radical (unpaired) electrons. The van der Waals surface area contributed by atoms with Crippen molar-refractivity contribution in [3.05, 3.63) is 65.5 Å². The second kappa shape index (κ2) is 7.64. The lowest BCUT2D eigenvalue weighted by atomic mass is 10.1. The van der Waals surface area contributed by atoms with Gasteiger partial charge in [0.25, 0.3) is 0 Å². The number of piperidine rings is 1. The van der Waals surface area contributed by atoms with Gasteiger partial charge < -0.3 is 5.32 Å². The molecule has 3 rings (SSSR count). The van der Waals surface area contributed by atoms with Crippen LogP contribution in [-0.2, 0) is 16.6 Å². The Balaban J connectivity index is 1.54. The van der Waals surface area contributed by atoms with E-state index in [0.29, 0.717) is 24.5 Å². The SMILES string of the molecule is Cc1ccc(S(=O)(=O)N2CCC(NCc3ccc(F)cc3)CC2)cc1. The summed E-state index contributed by atoms with van der Waals surface area (Å²) in [5.41, 5.74) is 2.07. The Morgan fingerprint density at radius 2 is 1.64 bits per heavy atom. The first-order chi connectivity index (χ1) is 11.9. The summed E-state index contributed by atoms with van der Waals surface area (Å²) in [6.07, 6.45) is 1.54. The highest BCUT2D eigenvalue weighted by Crippen LogP contribution is 2.21. The molecule has 25 heavy (non-hydrogen) atoms. The van der Waals surface area contributed by atoms with Crippen molar-refractivity contribution in [1.82, 2.24) is 9.62 Å². The van der Waals surface area contributed by atoms with Crippen LogP contribution in [0.1, 0.15) is 24.0 Å². The first-order valence-corrected chi connectivity index (χ1v) is 9.94. The molecule has 4 nitrogen and oxygen atoms in total. The largest absolute Gasteiger partial charge is 0.310 e. The molecule has 0 aromatic heterocycles. The van der Waals surface area contributed by atoms with E-state index in [4.69, 9.17) is 0 Å². The highest BCUT2D eigenvalue weighted by Gasteiger charge is 2.29. The maximum Gasteiger partial charge on any atom is 0.243 e. The molecule has 1 N–H and O–H groups in total. The van der Waals surface area contributed by atoms with Gasteiger partial charge in [0.05, 0.1) is 4.90 Å². The number of sulfonamides is 1. The van der Waals surface area contributed by atoms with Crippen molar-refractivity contribution in [2.24, 2.45) is 0 Å². The summed E-state index contributed by atoms with van der Waals surface area (Å²) in [5, 5.41) is 3.43. The fourth-order valence-electron chi connectivity index (χ4n) is 3.02. The Bertz CT molecular complexity index is 796. The summed E-state index contributed by atoms with van der Waals surface area (Å²) in [6, 6.07) is 13.7. The predicted molar refractivity (Wildman–Crippen MR) is 96.2 cm³/mol. The average Bonchev–Trinajstić information content (AvgIpc) is 2.62. The molecular weight excluding hydrogens is 339 g/mol.